The molecule has 0 aliphatic rings. The summed E-state index contributed by atoms with van der Waals surface area (Å²) < 4.78 is 34.3. The molecule has 0 saturated heterocycles. The van der Waals surface area contributed by atoms with Crippen molar-refractivity contribution in [2.45, 2.75) is 38.6 Å². The van der Waals surface area contributed by atoms with E-state index in [9.17, 15) is 8.42 Å². The van der Waals surface area contributed by atoms with Gasteiger partial charge in [-0.3, -0.25) is 4.68 Å². The van der Waals surface area contributed by atoms with Crippen molar-refractivity contribution in [2.75, 3.05) is 33.4 Å². The number of ether oxygens (including phenoxy) is 1. The molecule has 0 radical (unpaired) electrons. The molecule has 0 atom stereocenters. The quantitative estimate of drug-likeness (QED) is 0.611. The van der Waals surface area contributed by atoms with Gasteiger partial charge in [0.25, 0.3) is 0 Å². The Labute approximate surface area is 127 Å². The Morgan fingerprint density at radius 3 is 2.62 bits per heavy atom. The third-order valence-corrected chi connectivity index (χ3v) is 4.83. The van der Waals surface area contributed by atoms with E-state index in [0.29, 0.717) is 44.1 Å². The Balaban J connectivity index is 2.76. The zero-order chi connectivity index (χ0) is 15.9. The third kappa shape index (κ3) is 5.06. The maximum Gasteiger partial charge on any atom is 0.244 e. The fourth-order valence-electron chi connectivity index (χ4n) is 2.10. The average Bonchev–Trinajstić information content (AvgIpc) is 2.71. The lowest BCUT2D eigenvalue weighted by molar-refractivity contribution is 0.146. The molecular weight excluding hydrogens is 292 g/mol. The molecule has 7 nitrogen and oxygen atoms in total. The summed E-state index contributed by atoms with van der Waals surface area (Å²) in [5.41, 5.74) is 1.20. The Bertz CT molecular complexity index is 540. The highest BCUT2D eigenvalue weighted by molar-refractivity contribution is 7.89. The normalized spacial score (nSPS) is 12.0. The number of nitrogens with zero attached hydrogens (tertiary/aromatic N) is 2. The number of rotatable bonds is 10. The predicted octanol–water partition coefficient (Wildman–Crippen LogP) is 0.424. The van der Waals surface area contributed by atoms with Gasteiger partial charge in [-0.15, -0.1) is 0 Å². The molecule has 1 rings (SSSR count). The molecule has 0 aliphatic heterocycles. The summed E-state index contributed by atoms with van der Waals surface area (Å²) in [6.07, 6.45) is 0.652. The molecule has 2 N–H and O–H groups in total. The number of likely N-dealkylation sites (N-methyl/N-ethyl adjacent to an activating group) is 1. The number of aryl methyl sites for hydroxylation is 1. The van der Waals surface area contributed by atoms with Gasteiger partial charge in [-0.2, -0.15) is 5.10 Å². The molecule has 0 fully saturated rings. The van der Waals surface area contributed by atoms with Crippen LogP contribution in [-0.2, 0) is 21.3 Å². The number of aromatic nitrogens is 2. The van der Waals surface area contributed by atoms with Gasteiger partial charge in [0.1, 0.15) is 4.90 Å². The molecule has 1 heterocycles. The second kappa shape index (κ2) is 8.47. The van der Waals surface area contributed by atoms with Crippen molar-refractivity contribution in [2.24, 2.45) is 0 Å². The van der Waals surface area contributed by atoms with Crippen molar-refractivity contribution in [1.29, 1.82) is 0 Å². The van der Waals surface area contributed by atoms with Crippen LogP contribution in [0.4, 0.5) is 0 Å². The van der Waals surface area contributed by atoms with Gasteiger partial charge in [0.15, 0.2) is 0 Å². The van der Waals surface area contributed by atoms with Crippen LogP contribution in [0.1, 0.15) is 24.7 Å². The summed E-state index contributed by atoms with van der Waals surface area (Å²) in [6, 6.07) is 0. The van der Waals surface area contributed by atoms with Crippen molar-refractivity contribution >= 4 is 10.0 Å². The van der Waals surface area contributed by atoms with E-state index in [1.165, 1.54) is 0 Å². The Morgan fingerprint density at radius 2 is 2.00 bits per heavy atom. The van der Waals surface area contributed by atoms with Gasteiger partial charge in [-0.05, 0) is 34.2 Å². The van der Waals surface area contributed by atoms with E-state index in [2.05, 4.69) is 15.1 Å². The number of sulfonamides is 1. The van der Waals surface area contributed by atoms with Crippen molar-refractivity contribution in [3.05, 3.63) is 11.4 Å². The van der Waals surface area contributed by atoms with Crippen LogP contribution in [0.15, 0.2) is 4.90 Å². The second-order valence-electron chi connectivity index (χ2n) is 4.77. The van der Waals surface area contributed by atoms with Gasteiger partial charge >= 0.3 is 0 Å². The van der Waals surface area contributed by atoms with Gasteiger partial charge in [0.2, 0.25) is 10.0 Å². The van der Waals surface area contributed by atoms with Crippen LogP contribution >= 0.6 is 0 Å². The molecule has 0 unspecified atom stereocenters. The molecule has 0 amide bonds. The molecular formula is C13H26N4O3S. The lowest BCUT2D eigenvalue weighted by Crippen LogP contribution is -2.26. The zero-order valence-corrected chi connectivity index (χ0v) is 14.1. The van der Waals surface area contributed by atoms with E-state index < -0.39 is 10.0 Å². The molecule has 0 bridgehead atoms. The van der Waals surface area contributed by atoms with E-state index in [1.807, 2.05) is 14.0 Å². The van der Waals surface area contributed by atoms with Crippen molar-refractivity contribution in [3.63, 3.8) is 0 Å². The summed E-state index contributed by atoms with van der Waals surface area (Å²) in [4.78, 5) is 0.287. The van der Waals surface area contributed by atoms with Gasteiger partial charge < -0.3 is 10.1 Å². The fourth-order valence-corrected chi connectivity index (χ4v) is 3.58. The number of nitrogens with one attached hydrogen (secondary N) is 2. The van der Waals surface area contributed by atoms with E-state index in [0.717, 1.165) is 6.54 Å². The molecule has 122 valence electrons. The van der Waals surface area contributed by atoms with Crippen molar-refractivity contribution < 1.29 is 13.2 Å². The smallest absolute Gasteiger partial charge is 0.244 e. The van der Waals surface area contributed by atoms with Crippen LogP contribution < -0.4 is 10.0 Å². The third-order valence-electron chi connectivity index (χ3n) is 3.12. The minimum absolute atomic E-state index is 0.287. The average molecular weight is 318 g/mol. The van der Waals surface area contributed by atoms with Gasteiger partial charge in [0, 0.05) is 26.3 Å². The van der Waals surface area contributed by atoms with Crippen LogP contribution in [0, 0.1) is 13.8 Å². The summed E-state index contributed by atoms with van der Waals surface area (Å²) in [5.74, 6) is 0. The summed E-state index contributed by atoms with van der Waals surface area (Å²) in [7, 11) is -1.67. The van der Waals surface area contributed by atoms with E-state index in [4.69, 9.17) is 4.74 Å². The van der Waals surface area contributed by atoms with Crippen molar-refractivity contribution in [1.82, 2.24) is 19.8 Å². The molecule has 0 aromatic carbocycles. The van der Waals surface area contributed by atoms with Gasteiger partial charge in [-0.25, -0.2) is 13.1 Å². The van der Waals surface area contributed by atoms with Gasteiger partial charge in [-0.1, -0.05) is 0 Å². The molecule has 0 spiro atoms. The molecule has 21 heavy (non-hydrogen) atoms. The van der Waals surface area contributed by atoms with E-state index in [-0.39, 0.29) is 4.90 Å². The van der Waals surface area contributed by atoms with Crippen LogP contribution in [-0.4, -0.2) is 51.5 Å². The maximum atomic E-state index is 12.4. The Hall–Kier alpha value is -0.960. The first-order chi connectivity index (χ1) is 9.94. The highest BCUT2D eigenvalue weighted by Crippen LogP contribution is 2.18. The number of hydrogen-bond acceptors (Lipinski definition) is 5. The SMILES string of the molecule is CCOCCCNS(=O)(=O)c1c(C)nn(CCNC)c1C. The summed E-state index contributed by atoms with van der Waals surface area (Å²) >= 11 is 0. The standard InChI is InChI=1S/C13H26N4O3S/c1-5-20-10-6-7-15-21(18,19)13-11(2)16-17(12(13)3)9-8-14-4/h14-15H,5-10H2,1-4H3. The molecule has 1 aromatic heterocycles. The predicted molar refractivity (Wildman–Crippen MR) is 81.9 cm³/mol. The van der Waals surface area contributed by atoms with Gasteiger partial charge in [0.05, 0.1) is 17.9 Å². The lowest BCUT2D eigenvalue weighted by atomic mass is 10.4. The largest absolute Gasteiger partial charge is 0.382 e. The number of hydrogen-bond donors (Lipinski definition) is 2. The van der Waals surface area contributed by atoms with Crippen LogP contribution in [0.5, 0.6) is 0 Å². The first kappa shape index (κ1) is 18.1. The summed E-state index contributed by atoms with van der Waals surface area (Å²) in [5, 5.41) is 7.33. The minimum atomic E-state index is -3.52. The first-order valence-electron chi connectivity index (χ1n) is 7.20. The second-order valence-corrected chi connectivity index (χ2v) is 6.48. The maximum absolute atomic E-state index is 12.4. The zero-order valence-electron chi connectivity index (χ0n) is 13.3. The highest BCUT2D eigenvalue weighted by Gasteiger charge is 2.23. The summed E-state index contributed by atoms with van der Waals surface area (Å²) in [6.45, 7) is 8.36. The van der Waals surface area contributed by atoms with E-state index in [1.54, 1.807) is 18.5 Å². The van der Waals surface area contributed by atoms with Crippen LogP contribution in [0.25, 0.3) is 0 Å². The topological polar surface area (TPSA) is 85.2 Å². The van der Waals surface area contributed by atoms with E-state index >= 15 is 0 Å². The Morgan fingerprint density at radius 1 is 1.29 bits per heavy atom. The first-order valence-corrected chi connectivity index (χ1v) is 8.68. The molecule has 0 saturated carbocycles. The lowest BCUT2D eigenvalue weighted by Gasteiger charge is -2.08. The van der Waals surface area contributed by atoms with Crippen LogP contribution in [0.2, 0.25) is 0 Å². The fraction of sp³-hybridized carbons (Fsp3) is 0.769. The highest BCUT2D eigenvalue weighted by atomic mass is 32.2. The van der Waals surface area contributed by atoms with Crippen LogP contribution in [0.3, 0.4) is 0 Å². The Kier molecular flexibility index (Phi) is 7.30. The monoisotopic (exact) mass is 318 g/mol. The molecule has 8 heteroatoms. The minimum Gasteiger partial charge on any atom is -0.382 e. The van der Waals surface area contributed by atoms with Crippen molar-refractivity contribution in [3.8, 4) is 0 Å². The molecule has 0 aliphatic carbocycles. The molecule has 1 aromatic rings.